The molecule has 10 heteroatoms. The van der Waals surface area contributed by atoms with E-state index in [2.05, 4.69) is 30.6 Å². The fourth-order valence-electron chi connectivity index (χ4n) is 1.53. The Hall–Kier alpha value is -1.09. The summed E-state index contributed by atoms with van der Waals surface area (Å²) in [7, 11) is -3.97. The van der Waals surface area contributed by atoms with Gasteiger partial charge in [-0.15, -0.1) is 0 Å². The molecule has 0 atom stereocenters. The Bertz CT molecular complexity index is 794. The quantitative estimate of drug-likeness (QED) is 0.596. The van der Waals surface area contributed by atoms with Crippen LogP contribution in [0.2, 0.25) is 10.2 Å². The third kappa shape index (κ3) is 3.76. The first-order chi connectivity index (χ1) is 9.69. The number of aryl methyl sites for hydroxylation is 1. The lowest BCUT2D eigenvalue weighted by atomic mass is 10.3. The maximum atomic E-state index is 12.4. The predicted molar refractivity (Wildman–Crippen MR) is 86.2 cm³/mol. The van der Waals surface area contributed by atoms with Crippen LogP contribution in [0.15, 0.2) is 27.6 Å². The number of aromatic nitrogens is 2. The highest BCUT2D eigenvalue weighted by atomic mass is 79.9. The van der Waals surface area contributed by atoms with Gasteiger partial charge in [-0.2, -0.15) is 0 Å². The van der Waals surface area contributed by atoms with E-state index in [0.717, 1.165) is 0 Å². The largest absolute Gasteiger partial charge is 0.398 e. The molecule has 0 fully saturated rings. The van der Waals surface area contributed by atoms with Crippen LogP contribution in [-0.2, 0) is 10.0 Å². The molecule has 0 saturated carbocycles. The summed E-state index contributed by atoms with van der Waals surface area (Å²) in [6.07, 6.45) is 0. The van der Waals surface area contributed by atoms with Gasteiger partial charge < -0.3 is 5.73 Å². The summed E-state index contributed by atoms with van der Waals surface area (Å²) in [4.78, 5) is 7.64. The molecule has 1 aromatic heterocycles. The number of nitrogens with one attached hydrogen (secondary N) is 1. The zero-order valence-corrected chi connectivity index (χ0v) is 14.5. The topological polar surface area (TPSA) is 98.0 Å². The molecule has 6 nitrogen and oxygen atoms in total. The van der Waals surface area contributed by atoms with Crippen LogP contribution in [0.1, 0.15) is 5.69 Å². The third-order valence-corrected chi connectivity index (χ3v) is 5.28. The first kappa shape index (κ1) is 16.3. The minimum atomic E-state index is -3.97. The molecule has 0 spiro atoms. The van der Waals surface area contributed by atoms with E-state index in [1.54, 1.807) is 6.92 Å². The Kier molecular flexibility index (Phi) is 4.62. The van der Waals surface area contributed by atoms with E-state index < -0.39 is 10.0 Å². The minimum Gasteiger partial charge on any atom is -0.398 e. The molecular formula is C11H9BrCl2N4O2S. The summed E-state index contributed by atoms with van der Waals surface area (Å²) in [5, 5.41) is 0.323. The Morgan fingerprint density at radius 3 is 2.52 bits per heavy atom. The molecule has 1 heterocycles. The molecule has 2 aromatic rings. The van der Waals surface area contributed by atoms with E-state index >= 15 is 0 Å². The fraction of sp³-hybridized carbons (Fsp3) is 0.0909. The average molecular weight is 412 g/mol. The van der Waals surface area contributed by atoms with Gasteiger partial charge in [-0.05, 0) is 41.1 Å². The monoisotopic (exact) mass is 410 g/mol. The summed E-state index contributed by atoms with van der Waals surface area (Å²) in [5.41, 5.74) is 6.41. The van der Waals surface area contributed by atoms with Gasteiger partial charge in [-0.3, -0.25) is 0 Å². The van der Waals surface area contributed by atoms with Gasteiger partial charge in [0.05, 0.1) is 4.47 Å². The Balaban J connectivity index is 2.48. The number of nitrogens with two attached hydrogens (primary N) is 1. The van der Waals surface area contributed by atoms with Crippen molar-refractivity contribution in [3.63, 3.8) is 0 Å². The lowest BCUT2D eigenvalue weighted by Gasteiger charge is -2.11. The molecule has 0 radical (unpaired) electrons. The summed E-state index contributed by atoms with van der Waals surface area (Å²) in [6, 6.07) is 4.21. The van der Waals surface area contributed by atoms with Crippen LogP contribution < -0.4 is 10.5 Å². The van der Waals surface area contributed by atoms with E-state index in [1.807, 2.05) is 0 Å². The number of anilines is 2. The van der Waals surface area contributed by atoms with Gasteiger partial charge in [0.1, 0.15) is 10.0 Å². The molecule has 0 aliphatic heterocycles. The van der Waals surface area contributed by atoms with Crippen molar-refractivity contribution in [2.45, 2.75) is 11.8 Å². The van der Waals surface area contributed by atoms with Gasteiger partial charge >= 0.3 is 0 Å². The number of benzene rings is 1. The van der Waals surface area contributed by atoms with Crippen molar-refractivity contribution in [2.75, 3.05) is 10.5 Å². The van der Waals surface area contributed by atoms with Crippen LogP contribution in [0.25, 0.3) is 0 Å². The molecule has 0 unspecified atom stereocenters. The molecule has 1 aromatic carbocycles. The average Bonchev–Trinajstić information content (AvgIpc) is 2.31. The third-order valence-electron chi connectivity index (χ3n) is 2.37. The second-order valence-electron chi connectivity index (χ2n) is 4.07. The van der Waals surface area contributed by atoms with Gasteiger partial charge in [0.25, 0.3) is 10.0 Å². The van der Waals surface area contributed by atoms with Crippen molar-refractivity contribution in [3.05, 3.63) is 38.5 Å². The minimum absolute atomic E-state index is 0.117. The van der Waals surface area contributed by atoms with Crippen LogP contribution in [0.4, 0.5) is 11.6 Å². The van der Waals surface area contributed by atoms with E-state index in [-0.39, 0.29) is 31.2 Å². The van der Waals surface area contributed by atoms with Crippen LogP contribution >= 0.6 is 39.1 Å². The molecule has 2 rings (SSSR count). The second kappa shape index (κ2) is 5.96. The molecular weight excluding hydrogens is 403 g/mol. The predicted octanol–water partition coefficient (Wildman–Crippen LogP) is 3.24. The highest BCUT2D eigenvalue weighted by Crippen LogP contribution is 2.32. The molecule has 0 saturated heterocycles. The smallest absolute Gasteiger partial charge is 0.265 e. The van der Waals surface area contributed by atoms with Crippen molar-refractivity contribution >= 4 is 60.8 Å². The van der Waals surface area contributed by atoms with Crippen LogP contribution in [0, 0.1) is 6.92 Å². The zero-order chi connectivity index (χ0) is 15.8. The first-order valence-electron chi connectivity index (χ1n) is 5.47. The summed E-state index contributed by atoms with van der Waals surface area (Å²) in [6.45, 7) is 1.67. The number of halogens is 3. The standard InChI is InChI=1S/C11H9BrCl2N4O2S/c1-5-2-9(14)17-11(16-5)18-21(19,20)8-4-6(13)3-7(15)10(8)12/h2-4H,15H2,1H3,(H,16,17,18). The van der Waals surface area contributed by atoms with E-state index in [1.165, 1.54) is 18.2 Å². The number of rotatable bonds is 3. The molecule has 112 valence electrons. The summed E-state index contributed by atoms with van der Waals surface area (Å²) >= 11 is 14.7. The number of hydrogen-bond donors (Lipinski definition) is 2. The maximum absolute atomic E-state index is 12.4. The van der Waals surface area contributed by atoms with Crippen molar-refractivity contribution in [3.8, 4) is 0 Å². The van der Waals surface area contributed by atoms with Gasteiger partial charge in [0.2, 0.25) is 5.95 Å². The van der Waals surface area contributed by atoms with E-state index in [9.17, 15) is 8.42 Å². The fourth-order valence-corrected chi connectivity index (χ4v) is 4.01. The van der Waals surface area contributed by atoms with Gasteiger partial charge in [-0.1, -0.05) is 23.2 Å². The Morgan fingerprint density at radius 2 is 1.90 bits per heavy atom. The van der Waals surface area contributed by atoms with E-state index in [4.69, 9.17) is 28.9 Å². The molecule has 0 bridgehead atoms. The first-order valence-corrected chi connectivity index (χ1v) is 8.51. The normalized spacial score (nSPS) is 11.4. The molecule has 0 amide bonds. The van der Waals surface area contributed by atoms with Crippen LogP contribution in [-0.4, -0.2) is 18.4 Å². The molecule has 0 aliphatic rings. The molecule has 0 aliphatic carbocycles. The van der Waals surface area contributed by atoms with Crippen molar-refractivity contribution in [1.82, 2.24) is 9.97 Å². The maximum Gasteiger partial charge on any atom is 0.265 e. The highest BCUT2D eigenvalue weighted by molar-refractivity contribution is 9.10. The van der Waals surface area contributed by atoms with Crippen molar-refractivity contribution < 1.29 is 8.42 Å². The van der Waals surface area contributed by atoms with Gasteiger partial charge in [0.15, 0.2) is 0 Å². The Morgan fingerprint density at radius 1 is 1.24 bits per heavy atom. The second-order valence-corrected chi connectivity index (χ2v) is 7.34. The number of nitrogen functional groups attached to an aromatic ring is 1. The van der Waals surface area contributed by atoms with Crippen molar-refractivity contribution in [2.24, 2.45) is 0 Å². The van der Waals surface area contributed by atoms with Crippen molar-refractivity contribution in [1.29, 1.82) is 0 Å². The summed E-state index contributed by atoms with van der Waals surface area (Å²) < 4.78 is 27.2. The molecule has 3 N–H and O–H groups in total. The summed E-state index contributed by atoms with van der Waals surface area (Å²) in [5.74, 6) is -0.134. The highest BCUT2D eigenvalue weighted by Gasteiger charge is 2.21. The Labute approximate surface area is 139 Å². The van der Waals surface area contributed by atoms with Gasteiger partial charge in [-0.25, -0.2) is 23.1 Å². The lowest BCUT2D eigenvalue weighted by molar-refractivity contribution is 0.600. The van der Waals surface area contributed by atoms with Crippen LogP contribution in [0.5, 0.6) is 0 Å². The number of hydrogen-bond acceptors (Lipinski definition) is 5. The lowest BCUT2D eigenvalue weighted by Crippen LogP contribution is -2.16. The zero-order valence-electron chi connectivity index (χ0n) is 10.6. The van der Waals surface area contributed by atoms with E-state index in [0.29, 0.717) is 5.69 Å². The number of sulfonamides is 1. The SMILES string of the molecule is Cc1cc(Cl)nc(NS(=O)(=O)c2cc(Cl)cc(N)c2Br)n1. The molecule has 21 heavy (non-hydrogen) atoms. The van der Waals surface area contributed by atoms with Crippen LogP contribution in [0.3, 0.4) is 0 Å². The number of nitrogens with zero attached hydrogens (tertiary/aromatic N) is 2. The van der Waals surface area contributed by atoms with Gasteiger partial charge in [0, 0.05) is 16.4 Å².